The number of aromatic nitrogens is 2. The van der Waals surface area contributed by atoms with Gasteiger partial charge in [-0.15, -0.1) is 5.10 Å². The molecule has 0 bridgehead atoms. The van der Waals surface area contributed by atoms with Crippen LogP contribution in [0.2, 0.25) is 5.02 Å². The molecule has 0 fully saturated rings. The maximum Gasteiger partial charge on any atom is 0.161 e. The van der Waals surface area contributed by atoms with Gasteiger partial charge in [0.1, 0.15) is 4.99 Å². The molecule has 20 heavy (non-hydrogen) atoms. The zero-order chi connectivity index (χ0) is 14.7. The van der Waals surface area contributed by atoms with E-state index in [4.69, 9.17) is 29.6 Å². The van der Waals surface area contributed by atoms with E-state index >= 15 is 0 Å². The molecule has 0 aliphatic rings. The number of halogens is 1. The molecule has 0 spiro atoms. The van der Waals surface area contributed by atoms with Crippen LogP contribution in [-0.4, -0.2) is 22.2 Å². The van der Waals surface area contributed by atoms with Gasteiger partial charge in [0, 0.05) is 12.1 Å². The van der Waals surface area contributed by atoms with Crippen LogP contribution in [0.4, 0.5) is 5.82 Å². The van der Waals surface area contributed by atoms with Gasteiger partial charge in [-0.1, -0.05) is 36.0 Å². The molecule has 1 atom stereocenters. The number of nitrogens with two attached hydrogens (primary N) is 1. The van der Waals surface area contributed by atoms with Crippen molar-refractivity contribution >= 4 is 34.6 Å². The van der Waals surface area contributed by atoms with Gasteiger partial charge in [0.25, 0.3) is 0 Å². The summed E-state index contributed by atoms with van der Waals surface area (Å²) >= 11 is 11.0. The van der Waals surface area contributed by atoms with Gasteiger partial charge in [0.05, 0.1) is 17.8 Å². The Labute approximate surface area is 128 Å². The number of anilines is 1. The second kappa shape index (κ2) is 6.15. The Balaban J connectivity index is 2.33. The van der Waals surface area contributed by atoms with Crippen LogP contribution in [0.25, 0.3) is 0 Å². The first-order valence-corrected chi connectivity index (χ1v) is 6.89. The molecule has 0 radical (unpaired) electrons. The lowest BCUT2D eigenvalue weighted by molar-refractivity contribution is 0.719. The minimum absolute atomic E-state index is 0.0945. The van der Waals surface area contributed by atoms with Crippen molar-refractivity contribution in [3.63, 3.8) is 0 Å². The summed E-state index contributed by atoms with van der Waals surface area (Å²) < 4.78 is 0. The van der Waals surface area contributed by atoms with E-state index in [0.29, 0.717) is 15.8 Å². The second-order valence-electron chi connectivity index (χ2n) is 4.47. The topological polar surface area (TPSA) is 55.0 Å². The van der Waals surface area contributed by atoms with E-state index in [9.17, 15) is 0 Å². The first-order valence-electron chi connectivity index (χ1n) is 6.10. The molecule has 1 unspecified atom stereocenters. The lowest BCUT2D eigenvalue weighted by atomic mass is 10.1. The smallest absolute Gasteiger partial charge is 0.161 e. The monoisotopic (exact) mass is 306 g/mol. The maximum absolute atomic E-state index is 5.91. The van der Waals surface area contributed by atoms with Gasteiger partial charge in [-0.25, -0.2) is 0 Å². The number of benzene rings is 1. The van der Waals surface area contributed by atoms with Gasteiger partial charge in [0.15, 0.2) is 5.82 Å². The molecule has 4 nitrogen and oxygen atoms in total. The van der Waals surface area contributed by atoms with Crippen molar-refractivity contribution in [1.82, 2.24) is 10.2 Å². The Morgan fingerprint density at radius 1 is 1.30 bits per heavy atom. The molecule has 2 rings (SSSR count). The van der Waals surface area contributed by atoms with E-state index in [2.05, 4.69) is 17.1 Å². The lowest BCUT2D eigenvalue weighted by Gasteiger charge is -2.27. The average Bonchev–Trinajstić information content (AvgIpc) is 2.46. The van der Waals surface area contributed by atoms with Crippen molar-refractivity contribution in [2.75, 3.05) is 11.9 Å². The first-order chi connectivity index (χ1) is 9.50. The molecule has 104 valence electrons. The van der Waals surface area contributed by atoms with E-state index in [-0.39, 0.29) is 6.04 Å². The summed E-state index contributed by atoms with van der Waals surface area (Å²) in [7, 11) is 1.94. The Bertz CT molecular complexity index is 615. The molecule has 1 heterocycles. The summed E-state index contributed by atoms with van der Waals surface area (Å²) in [5.41, 5.74) is 7.57. The van der Waals surface area contributed by atoms with Crippen molar-refractivity contribution in [2.45, 2.75) is 13.0 Å². The fourth-order valence-corrected chi connectivity index (χ4v) is 2.21. The van der Waals surface area contributed by atoms with Crippen LogP contribution in [-0.2, 0) is 0 Å². The molecule has 2 N–H and O–H groups in total. The molecule has 0 aliphatic heterocycles. The Morgan fingerprint density at radius 2 is 1.95 bits per heavy atom. The van der Waals surface area contributed by atoms with Gasteiger partial charge in [-0.3, -0.25) is 0 Å². The van der Waals surface area contributed by atoms with Crippen molar-refractivity contribution in [3.05, 3.63) is 52.7 Å². The third kappa shape index (κ3) is 3.05. The van der Waals surface area contributed by atoms with Crippen molar-refractivity contribution in [2.24, 2.45) is 5.73 Å². The number of rotatable bonds is 4. The van der Waals surface area contributed by atoms with Crippen LogP contribution >= 0.6 is 23.8 Å². The standard InChI is InChI=1S/C14H15ClN4S/c1-9(10-3-5-11(15)6-4-10)19(2)14-12(13(16)20)7-8-17-18-14/h3-9H,1-2H3,(H2,16,20). The van der Waals surface area contributed by atoms with Crippen LogP contribution < -0.4 is 10.6 Å². The highest BCUT2D eigenvalue weighted by molar-refractivity contribution is 7.80. The first kappa shape index (κ1) is 14.7. The Hall–Kier alpha value is -1.72. The highest BCUT2D eigenvalue weighted by atomic mass is 35.5. The van der Waals surface area contributed by atoms with E-state index in [1.807, 2.05) is 36.2 Å². The van der Waals surface area contributed by atoms with E-state index in [1.165, 1.54) is 0 Å². The van der Waals surface area contributed by atoms with Crippen molar-refractivity contribution in [3.8, 4) is 0 Å². The maximum atomic E-state index is 5.91. The predicted octanol–water partition coefficient (Wildman–Crippen LogP) is 2.96. The summed E-state index contributed by atoms with van der Waals surface area (Å²) in [4.78, 5) is 2.30. The van der Waals surface area contributed by atoms with Crippen LogP contribution in [0.15, 0.2) is 36.5 Å². The molecule has 1 aromatic heterocycles. The van der Waals surface area contributed by atoms with Crippen molar-refractivity contribution in [1.29, 1.82) is 0 Å². The second-order valence-corrected chi connectivity index (χ2v) is 5.35. The largest absolute Gasteiger partial charge is 0.389 e. The van der Waals surface area contributed by atoms with Gasteiger partial charge in [-0.2, -0.15) is 5.10 Å². The molecule has 0 amide bonds. The molecule has 0 aliphatic carbocycles. The summed E-state index contributed by atoms with van der Waals surface area (Å²) in [6.07, 6.45) is 1.58. The number of thiocarbonyl (C=S) groups is 1. The van der Waals surface area contributed by atoms with Crippen LogP contribution in [0.1, 0.15) is 24.1 Å². The van der Waals surface area contributed by atoms with Crippen LogP contribution in [0, 0.1) is 0 Å². The third-order valence-corrected chi connectivity index (χ3v) is 3.71. The number of hydrogen-bond donors (Lipinski definition) is 1. The quantitative estimate of drug-likeness (QED) is 0.880. The average molecular weight is 307 g/mol. The molecular weight excluding hydrogens is 292 g/mol. The summed E-state index contributed by atoms with van der Waals surface area (Å²) in [6.45, 7) is 2.07. The summed E-state index contributed by atoms with van der Waals surface area (Å²) in [6, 6.07) is 9.58. The molecule has 2 aromatic rings. The number of nitrogens with zero attached hydrogens (tertiary/aromatic N) is 3. The van der Waals surface area contributed by atoms with Crippen LogP contribution in [0.3, 0.4) is 0 Å². The molecule has 0 saturated carbocycles. The SMILES string of the molecule is CC(c1ccc(Cl)cc1)N(C)c1nnccc1C(N)=S. The molecule has 1 aromatic carbocycles. The number of hydrogen-bond acceptors (Lipinski definition) is 4. The highest BCUT2D eigenvalue weighted by Gasteiger charge is 2.18. The fraction of sp³-hybridized carbons (Fsp3) is 0.214. The van der Waals surface area contributed by atoms with Crippen LogP contribution in [0.5, 0.6) is 0 Å². The van der Waals surface area contributed by atoms with E-state index in [0.717, 1.165) is 11.1 Å². The minimum atomic E-state index is 0.0945. The highest BCUT2D eigenvalue weighted by Crippen LogP contribution is 2.26. The zero-order valence-electron chi connectivity index (χ0n) is 11.2. The zero-order valence-corrected chi connectivity index (χ0v) is 12.8. The normalized spacial score (nSPS) is 11.9. The predicted molar refractivity (Wildman–Crippen MR) is 86.2 cm³/mol. The molecule has 0 saturated heterocycles. The third-order valence-electron chi connectivity index (χ3n) is 3.23. The Morgan fingerprint density at radius 3 is 2.55 bits per heavy atom. The summed E-state index contributed by atoms with van der Waals surface area (Å²) in [5, 5.41) is 8.77. The fourth-order valence-electron chi connectivity index (χ4n) is 1.93. The lowest BCUT2D eigenvalue weighted by Crippen LogP contribution is -2.26. The van der Waals surface area contributed by atoms with E-state index < -0.39 is 0 Å². The molecule has 6 heteroatoms. The van der Waals surface area contributed by atoms with E-state index in [1.54, 1.807) is 12.3 Å². The van der Waals surface area contributed by atoms with Crippen molar-refractivity contribution < 1.29 is 0 Å². The van der Waals surface area contributed by atoms with Gasteiger partial charge >= 0.3 is 0 Å². The summed E-state index contributed by atoms with van der Waals surface area (Å²) in [5.74, 6) is 0.669. The Kier molecular flexibility index (Phi) is 4.52. The van der Waals surface area contributed by atoms with Gasteiger partial charge in [-0.05, 0) is 30.7 Å². The van der Waals surface area contributed by atoms with Gasteiger partial charge in [0.2, 0.25) is 0 Å². The minimum Gasteiger partial charge on any atom is -0.389 e. The molecular formula is C14H15ClN4S. The van der Waals surface area contributed by atoms with Gasteiger partial charge < -0.3 is 10.6 Å².